The van der Waals surface area contributed by atoms with E-state index < -0.39 is 0 Å². The minimum atomic E-state index is -0.177. The average Bonchev–Trinajstić information content (AvgIpc) is 2.82. The van der Waals surface area contributed by atoms with Gasteiger partial charge in [0.1, 0.15) is 11.4 Å². The molecular formula is C24H39BN8O. The molecular weight excluding hydrogens is 427 g/mol. The van der Waals surface area contributed by atoms with Crippen molar-refractivity contribution in [2.75, 3.05) is 43.9 Å². The molecule has 34 heavy (non-hydrogen) atoms. The number of amides is 1. The first-order valence-corrected chi connectivity index (χ1v) is 12.0. The summed E-state index contributed by atoms with van der Waals surface area (Å²) in [6.07, 6.45) is 8.67. The predicted octanol–water partition coefficient (Wildman–Crippen LogP) is 1.83. The lowest BCUT2D eigenvalue weighted by Gasteiger charge is -2.22. The standard InChI is InChI=1S/C24H39BN8O/c1-5-11-27-22-21(16-30-24(32-22)29-14-9-19-7-12-26-13-8-19)23(34)28-15-10-20(6-2)31-18(3)17-33(4)25/h7-8,12-13,16,20,31H,3,5-6,9-11,14-15,17,25H2,1-2,4H3,(H,28,34)(H2,27,29,30,32). The van der Waals surface area contributed by atoms with Gasteiger partial charge in [-0.25, -0.2) is 4.98 Å². The largest absolute Gasteiger partial charge is 0.385 e. The predicted molar refractivity (Wildman–Crippen MR) is 142 cm³/mol. The lowest BCUT2D eigenvalue weighted by molar-refractivity contribution is 0.0952. The second kappa shape index (κ2) is 14.9. The second-order valence-corrected chi connectivity index (χ2v) is 8.55. The molecule has 2 aromatic rings. The van der Waals surface area contributed by atoms with Gasteiger partial charge in [-0.1, -0.05) is 20.4 Å². The number of hydrogen-bond donors (Lipinski definition) is 4. The summed E-state index contributed by atoms with van der Waals surface area (Å²) >= 11 is 0. The molecule has 0 fully saturated rings. The Morgan fingerprint density at radius 3 is 2.62 bits per heavy atom. The van der Waals surface area contributed by atoms with Gasteiger partial charge in [-0.3, -0.25) is 9.78 Å². The van der Waals surface area contributed by atoms with E-state index in [1.165, 1.54) is 5.56 Å². The van der Waals surface area contributed by atoms with E-state index in [0.717, 1.165) is 44.5 Å². The van der Waals surface area contributed by atoms with Crippen LogP contribution in [-0.2, 0) is 6.42 Å². The van der Waals surface area contributed by atoms with E-state index in [-0.39, 0.29) is 11.9 Å². The molecule has 0 aliphatic carbocycles. The number of likely N-dealkylation sites (N-methyl/N-ethyl adjacent to an activating group) is 1. The molecule has 1 unspecified atom stereocenters. The Bertz CT molecular complexity index is 894. The van der Waals surface area contributed by atoms with Crippen LogP contribution >= 0.6 is 0 Å². The van der Waals surface area contributed by atoms with Gasteiger partial charge in [-0.2, -0.15) is 4.98 Å². The minimum Gasteiger partial charge on any atom is -0.385 e. The molecule has 1 amide bonds. The number of carbonyl (C=O) groups is 1. The molecule has 0 bridgehead atoms. The zero-order chi connectivity index (χ0) is 24.8. The van der Waals surface area contributed by atoms with Crippen LogP contribution in [0.25, 0.3) is 0 Å². The molecule has 0 aromatic carbocycles. The van der Waals surface area contributed by atoms with Crippen LogP contribution in [0.15, 0.2) is 43.0 Å². The molecule has 4 N–H and O–H groups in total. The quantitative estimate of drug-likeness (QED) is 0.278. The van der Waals surface area contributed by atoms with Crippen molar-refractivity contribution in [1.82, 2.24) is 30.4 Å². The molecule has 9 nitrogen and oxygen atoms in total. The van der Waals surface area contributed by atoms with E-state index in [2.05, 4.69) is 61.5 Å². The second-order valence-electron chi connectivity index (χ2n) is 8.55. The smallest absolute Gasteiger partial charge is 0.256 e. The number of hydrogen-bond acceptors (Lipinski definition) is 8. The topological polar surface area (TPSA) is 107 Å². The summed E-state index contributed by atoms with van der Waals surface area (Å²) in [5.74, 6) is 0.869. The molecule has 184 valence electrons. The number of anilines is 2. The Labute approximate surface area is 204 Å². The minimum absolute atomic E-state index is 0.177. The molecule has 1 atom stereocenters. The van der Waals surface area contributed by atoms with Crippen LogP contribution in [0.3, 0.4) is 0 Å². The van der Waals surface area contributed by atoms with Gasteiger partial charge in [0.25, 0.3) is 5.91 Å². The Morgan fingerprint density at radius 2 is 1.94 bits per heavy atom. The zero-order valence-corrected chi connectivity index (χ0v) is 21.0. The molecule has 0 saturated carbocycles. The van der Waals surface area contributed by atoms with Crippen molar-refractivity contribution in [2.45, 2.75) is 45.6 Å². The summed E-state index contributed by atoms with van der Waals surface area (Å²) in [4.78, 5) is 27.9. The fourth-order valence-corrected chi connectivity index (χ4v) is 3.43. The summed E-state index contributed by atoms with van der Waals surface area (Å²) in [5.41, 5.74) is 2.62. The van der Waals surface area contributed by atoms with Crippen LogP contribution < -0.4 is 21.3 Å². The van der Waals surface area contributed by atoms with Gasteiger partial charge in [0.2, 0.25) is 5.95 Å². The molecule has 0 aliphatic rings. The van der Waals surface area contributed by atoms with Gasteiger partial charge < -0.3 is 26.1 Å². The molecule has 2 aromatic heterocycles. The van der Waals surface area contributed by atoms with Gasteiger partial charge in [0.05, 0.1) is 0 Å². The van der Waals surface area contributed by atoms with Crippen LogP contribution in [0.1, 0.15) is 49.0 Å². The zero-order valence-electron chi connectivity index (χ0n) is 21.0. The van der Waals surface area contributed by atoms with Gasteiger partial charge >= 0.3 is 0 Å². The van der Waals surface area contributed by atoms with Crippen molar-refractivity contribution in [3.63, 3.8) is 0 Å². The first-order valence-electron chi connectivity index (χ1n) is 12.0. The van der Waals surface area contributed by atoms with Gasteiger partial charge in [-0.05, 0) is 50.4 Å². The van der Waals surface area contributed by atoms with Gasteiger partial charge in [0, 0.05) is 56.5 Å². The fourth-order valence-electron chi connectivity index (χ4n) is 3.43. The van der Waals surface area contributed by atoms with Gasteiger partial charge in [-0.15, -0.1) is 0 Å². The van der Waals surface area contributed by atoms with Crippen molar-refractivity contribution in [3.8, 4) is 0 Å². The fraction of sp³-hybridized carbons (Fsp3) is 0.500. The lowest BCUT2D eigenvalue weighted by Crippen LogP contribution is -2.36. The van der Waals surface area contributed by atoms with Crippen LogP contribution in [0.5, 0.6) is 0 Å². The highest BCUT2D eigenvalue weighted by Crippen LogP contribution is 2.14. The highest BCUT2D eigenvalue weighted by atomic mass is 16.1. The number of pyridine rings is 1. The number of rotatable bonds is 16. The van der Waals surface area contributed by atoms with Crippen molar-refractivity contribution in [1.29, 1.82) is 0 Å². The summed E-state index contributed by atoms with van der Waals surface area (Å²) in [5, 5.41) is 13.0. The highest BCUT2D eigenvalue weighted by molar-refractivity contribution is 6.04. The van der Waals surface area contributed by atoms with E-state index in [9.17, 15) is 4.79 Å². The van der Waals surface area contributed by atoms with Crippen molar-refractivity contribution < 1.29 is 4.79 Å². The molecule has 2 rings (SSSR count). The van der Waals surface area contributed by atoms with Crippen molar-refractivity contribution in [2.24, 2.45) is 0 Å². The lowest BCUT2D eigenvalue weighted by atomic mass is 10.1. The van der Waals surface area contributed by atoms with Crippen LogP contribution in [0.2, 0.25) is 0 Å². The molecule has 2 heterocycles. The maximum absolute atomic E-state index is 12.9. The average molecular weight is 466 g/mol. The Kier molecular flexibility index (Phi) is 11.9. The Hall–Kier alpha value is -3.14. The third kappa shape index (κ3) is 9.78. The highest BCUT2D eigenvalue weighted by Gasteiger charge is 2.15. The van der Waals surface area contributed by atoms with Crippen molar-refractivity contribution >= 4 is 25.7 Å². The van der Waals surface area contributed by atoms with Crippen LogP contribution in [0.4, 0.5) is 11.8 Å². The van der Waals surface area contributed by atoms with E-state index in [1.807, 2.05) is 27.2 Å². The number of carbonyl (C=O) groups excluding carboxylic acids is 1. The third-order valence-corrected chi connectivity index (χ3v) is 5.21. The molecule has 0 spiro atoms. The van der Waals surface area contributed by atoms with Crippen LogP contribution in [0, 0.1) is 0 Å². The first-order chi connectivity index (χ1) is 16.4. The van der Waals surface area contributed by atoms with E-state index in [1.54, 1.807) is 18.6 Å². The molecule has 10 heteroatoms. The summed E-state index contributed by atoms with van der Waals surface area (Å²) in [7, 11) is 4.03. The SMILES string of the molecule is BN(C)CC(=C)NC(CC)CCNC(=O)c1cnc(NCCc2ccncc2)nc1NCCC. The van der Waals surface area contributed by atoms with Crippen LogP contribution in [-0.4, -0.2) is 72.9 Å². The van der Waals surface area contributed by atoms with E-state index in [4.69, 9.17) is 0 Å². The molecule has 0 saturated heterocycles. The maximum Gasteiger partial charge on any atom is 0.256 e. The van der Waals surface area contributed by atoms with E-state index in [0.29, 0.717) is 30.4 Å². The monoisotopic (exact) mass is 466 g/mol. The van der Waals surface area contributed by atoms with E-state index >= 15 is 0 Å². The summed E-state index contributed by atoms with van der Waals surface area (Å²) in [6, 6.07) is 4.23. The first kappa shape index (κ1) is 27.1. The normalized spacial score (nSPS) is 11.6. The third-order valence-electron chi connectivity index (χ3n) is 5.21. The number of aromatic nitrogens is 3. The molecule has 0 aliphatic heterocycles. The Balaban J connectivity index is 1.92. The number of nitrogens with one attached hydrogen (secondary N) is 4. The van der Waals surface area contributed by atoms with Crippen molar-refractivity contribution in [3.05, 3.63) is 54.1 Å². The Morgan fingerprint density at radius 1 is 1.18 bits per heavy atom. The summed E-state index contributed by atoms with van der Waals surface area (Å²) in [6.45, 7) is 11.0. The summed E-state index contributed by atoms with van der Waals surface area (Å²) < 4.78 is 0. The molecule has 0 radical (unpaired) electrons. The maximum atomic E-state index is 12.9. The van der Waals surface area contributed by atoms with Gasteiger partial charge in [0.15, 0.2) is 7.98 Å². The number of nitrogens with zero attached hydrogens (tertiary/aromatic N) is 4.